The molecule has 0 spiro atoms. The predicted octanol–water partition coefficient (Wildman–Crippen LogP) is 2.74. The number of hydrogen-bond donors (Lipinski definition) is 2. The minimum absolute atomic E-state index is 0.122. The molecule has 0 aliphatic rings. The first-order valence-corrected chi connectivity index (χ1v) is 5.30. The lowest BCUT2D eigenvalue weighted by atomic mass is 10.6. The number of halogens is 1. The summed E-state index contributed by atoms with van der Waals surface area (Å²) in [6.07, 6.45) is 2.30. The zero-order valence-electron chi connectivity index (χ0n) is 8.14. The summed E-state index contributed by atoms with van der Waals surface area (Å²) < 4.78 is 32.6. The first kappa shape index (κ1) is 13.1. The lowest BCUT2D eigenvalue weighted by Gasteiger charge is -2.15. The Labute approximate surface area is 83.8 Å². The summed E-state index contributed by atoms with van der Waals surface area (Å²) in [6.45, 7) is 5.64. The van der Waals surface area contributed by atoms with E-state index in [1.165, 1.54) is 0 Å². The maximum absolute atomic E-state index is 12.1. The van der Waals surface area contributed by atoms with Crippen molar-refractivity contribution < 1.29 is 17.2 Å². The van der Waals surface area contributed by atoms with Gasteiger partial charge in [0.1, 0.15) is 5.82 Å². The fourth-order valence-corrected chi connectivity index (χ4v) is 0.877. The van der Waals surface area contributed by atoms with E-state index in [1.807, 2.05) is 13.8 Å². The zero-order chi connectivity index (χ0) is 11.2. The molecule has 1 heterocycles. The SMILES string of the molecule is CC.Cc1ncc(OS(O)(O)F)cn1. The molecule has 2 N–H and O–H groups in total. The molecule has 1 aromatic heterocycles. The van der Waals surface area contributed by atoms with E-state index in [0.29, 0.717) is 5.82 Å². The van der Waals surface area contributed by atoms with Crippen molar-refractivity contribution in [1.29, 1.82) is 0 Å². The van der Waals surface area contributed by atoms with Crippen LogP contribution in [-0.4, -0.2) is 19.1 Å². The van der Waals surface area contributed by atoms with E-state index >= 15 is 0 Å². The Hall–Kier alpha value is -0.920. The van der Waals surface area contributed by atoms with Crippen LogP contribution in [0.4, 0.5) is 3.89 Å². The molecule has 0 saturated carbocycles. The monoisotopic (exact) mass is 224 g/mol. The van der Waals surface area contributed by atoms with Crippen LogP contribution >= 0.6 is 11.3 Å². The lowest BCUT2D eigenvalue weighted by molar-refractivity contribution is 0.332. The molecule has 7 heteroatoms. The van der Waals surface area contributed by atoms with E-state index in [9.17, 15) is 3.89 Å². The van der Waals surface area contributed by atoms with Crippen LogP contribution in [0.3, 0.4) is 0 Å². The molecule has 0 amide bonds. The van der Waals surface area contributed by atoms with Crippen molar-refractivity contribution in [2.75, 3.05) is 0 Å². The van der Waals surface area contributed by atoms with Crippen LogP contribution in [0.15, 0.2) is 12.4 Å². The third kappa shape index (κ3) is 5.68. The number of aryl methyl sites for hydroxylation is 1. The number of hydrogen-bond acceptors (Lipinski definition) is 5. The highest BCUT2D eigenvalue weighted by Crippen LogP contribution is 2.41. The molecule has 0 radical (unpaired) electrons. The van der Waals surface area contributed by atoms with Crippen LogP contribution in [0.1, 0.15) is 19.7 Å². The average molecular weight is 224 g/mol. The molecular weight excluding hydrogens is 211 g/mol. The summed E-state index contributed by atoms with van der Waals surface area (Å²) in [5.74, 6) is 0.362. The van der Waals surface area contributed by atoms with Gasteiger partial charge in [0.2, 0.25) is 0 Å². The highest BCUT2D eigenvalue weighted by atomic mass is 32.3. The summed E-state index contributed by atoms with van der Waals surface area (Å²) in [5, 5.41) is 0. The van der Waals surface area contributed by atoms with Crippen molar-refractivity contribution >= 4 is 11.3 Å². The van der Waals surface area contributed by atoms with E-state index in [2.05, 4.69) is 14.2 Å². The molecule has 0 aliphatic carbocycles. The molecule has 0 aromatic carbocycles. The van der Waals surface area contributed by atoms with E-state index in [-0.39, 0.29) is 5.75 Å². The van der Waals surface area contributed by atoms with Gasteiger partial charge in [-0.3, -0.25) is 9.11 Å². The minimum atomic E-state index is -4.47. The first-order valence-electron chi connectivity index (χ1n) is 3.93. The molecule has 5 nitrogen and oxygen atoms in total. The van der Waals surface area contributed by atoms with Crippen LogP contribution < -0.4 is 4.18 Å². The van der Waals surface area contributed by atoms with Gasteiger partial charge in [-0.15, -0.1) is 0 Å². The largest absolute Gasteiger partial charge is 0.377 e. The molecule has 1 aromatic rings. The standard InChI is InChI=1S/C5H7FN2O3S.C2H6/c1-4-7-2-5(3-8-4)11-12(6,9)10;1-2/h2-3,9-10H,1H3;1-2H3. The number of rotatable bonds is 2. The fraction of sp³-hybridized carbons (Fsp3) is 0.429. The molecule has 0 bridgehead atoms. The van der Waals surface area contributed by atoms with Crippen LogP contribution in [0.5, 0.6) is 5.75 Å². The van der Waals surface area contributed by atoms with Crippen LogP contribution in [0.25, 0.3) is 0 Å². The van der Waals surface area contributed by atoms with E-state index < -0.39 is 11.3 Å². The van der Waals surface area contributed by atoms with Gasteiger partial charge in [-0.05, 0) is 6.92 Å². The third-order valence-electron chi connectivity index (χ3n) is 0.960. The maximum atomic E-state index is 12.1. The zero-order valence-corrected chi connectivity index (χ0v) is 8.95. The molecule has 0 atom stereocenters. The fourth-order valence-electron chi connectivity index (χ4n) is 0.546. The van der Waals surface area contributed by atoms with Crippen molar-refractivity contribution in [3.63, 3.8) is 0 Å². The Morgan fingerprint density at radius 2 is 1.71 bits per heavy atom. The predicted molar refractivity (Wildman–Crippen MR) is 52.7 cm³/mol. The number of nitrogens with zero attached hydrogens (tertiary/aromatic N) is 2. The molecule has 14 heavy (non-hydrogen) atoms. The first-order chi connectivity index (χ1) is 6.47. The summed E-state index contributed by atoms with van der Waals surface area (Å²) in [7, 11) is 0. The molecule has 0 aliphatic heterocycles. The van der Waals surface area contributed by atoms with Gasteiger partial charge in [0, 0.05) is 0 Å². The van der Waals surface area contributed by atoms with E-state index in [0.717, 1.165) is 12.4 Å². The van der Waals surface area contributed by atoms with Crippen molar-refractivity contribution in [2.24, 2.45) is 0 Å². The van der Waals surface area contributed by atoms with Gasteiger partial charge in [-0.25, -0.2) is 9.97 Å². The van der Waals surface area contributed by atoms with Crippen molar-refractivity contribution in [3.05, 3.63) is 18.2 Å². The van der Waals surface area contributed by atoms with Crippen molar-refractivity contribution in [3.8, 4) is 5.75 Å². The Bertz CT molecular complexity index is 263. The summed E-state index contributed by atoms with van der Waals surface area (Å²) in [6, 6.07) is 0. The second-order valence-electron chi connectivity index (χ2n) is 1.98. The molecule has 82 valence electrons. The van der Waals surface area contributed by atoms with Gasteiger partial charge in [0.15, 0.2) is 5.75 Å². The lowest BCUT2D eigenvalue weighted by Crippen LogP contribution is -2.00. The Morgan fingerprint density at radius 1 is 1.29 bits per heavy atom. The van der Waals surface area contributed by atoms with Gasteiger partial charge in [-0.1, -0.05) is 17.7 Å². The quantitative estimate of drug-likeness (QED) is 0.807. The molecular formula is C7H13FN2O3S. The molecule has 0 unspecified atom stereocenters. The smallest absolute Gasteiger partial charge is 0.308 e. The van der Waals surface area contributed by atoms with Crippen molar-refractivity contribution in [1.82, 2.24) is 9.97 Å². The van der Waals surface area contributed by atoms with Gasteiger partial charge in [-0.2, -0.15) is 0 Å². The van der Waals surface area contributed by atoms with Crippen LogP contribution in [0.2, 0.25) is 0 Å². The second-order valence-corrected chi connectivity index (χ2v) is 3.01. The molecule has 1 rings (SSSR count). The Kier molecular flexibility index (Phi) is 5.36. The molecule has 0 saturated heterocycles. The van der Waals surface area contributed by atoms with E-state index in [1.54, 1.807) is 6.92 Å². The van der Waals surface area contributed by atoms with Gasteiger partial charge >= 0.3 is 11.3 Å². The second kappa shape index (κ2) is 5.74. The maximum Gasteiger partial charge on any atom is 0.308 e. The van der Waals surface area contributed by atoms with Crippen LogP contribution in [-0.2, 0) is 0 Å². The minimum Gasteiger partial charge on any atom is -0.377 e. The average Bonchev–Trinajstić information content (AvgIpc) is 2.10. The highest BCUT2D eigenvalue weighted by molar-refractivity contribution is 8.15. The third-order valence-corrected chi connectivity index (χ3v) is 1.36. The molecule has 0 fully saturated rings. The Balaban J connectivity index is 0.000000791. The van der Waals surface area contributed by atoms with Gasteiger partial charge in [0.25, 0.3) is 0 Å². The number of aromatic nitrogens is 2. The van der Waals surface area contributed by atoms with Gasteiger partial charge < -0.3 is 4.18 Å². The summed E-state index contributed by atoms with van der Waals surface area (Å²) in [4.78, 5) is 7.30. The highest BCUT2D eigenvalue weighted by Gasteiger charge is 2.17. The summed E-state index contributed by atoms with van der Waals surface area (Å²) >= 11 is -4.47. The normalized spacial score (nSPS) is 11.3. The topological polar surface area (TPSA) is 75.5 Å². The Morgan fingerprint density at radius 3 is 2.07 bits per heavy atom. The van der Waals surface area contributed by atoms with Gasteiger partial charge in [0.05, 0.1) is 12.4 Å². The summed E-state index contributed by atoms with van der Waals surface area (Å²) in [5.41, 5.74) is 0. The van der Waals surface area contributed by atoms with E-state index in [4.69, 9.17) is 9.11 Å². The van der Waals surface area contributed by atoms with Crippen LogP contribution in [0, 0.1) is 6.92 Å². The van der Waals surface area contributed by atoms with Crippen molar-refractivity contribution in [2.45, 2.75) is 20.8 Å².